The molecule has 0 bridgehead atoms. The molecule has 0 radical (unpaired) electrons. The number of hydrogen-bond donors (Lipinski definition) is 3. The van der Waals surface area contributed by atoms with Gasteiger partial charge in [-0.2, -0.15) is 4.98 Å². The summed E-state index contributed by atoms with van der Waals surface area (Å²) in [5.74, 6) is 1.02. The lowest BCUT2D eigenvalue weighted by molar-refractivity contribution is 0.874. The van der Waals surface area contributed by atoms with Gasteiger partial charge in [-0.1, -0.05) is 0 Å². The molecule has 0 atom stereocenters. The topological polar surface area (TPSA) is 93.6 Å². The second-order valence-electron chi connectivity index (χ2n) is 1.68. The predicted octanol–water partition coefficient (Wildman–Crippen LogP) is -0.690. The van der Waals surface area contributed by atoms with E-state index in [0.29, 0.717) is 13.0 Å². The monoisotopic (exact) mass is 163 g/mol. The van der Waals surface area contributed by atoms with E-state index < -0.39 is 0 Å². The number of nitrogens with zero attached hydrogens (tertiary/aromatic N) is 2. The number of rotatable bonds is 2. The molecule has 0 saturated heterocycles. The molecule has 0 aromatic carbocycles. The van der Waals surface area contributed by atoms with Gasteiger partial charge in [0.25, 0.3) is 0 Å². The van der Waals surface area contributed by atoms with Crippen molar-refractivity contribution in [1.29, 1.82) is 0 Å². The van der Waals surface area contributed by atoms with Crippen molar-refractivity contribution >= 4 is 18.4 Å². The summed E-state index contributed by atoms with van der Waals surface area (Å²) in [4.78, 5) is 3.83. The van der Waals surface area contributed by atoms with E-state index >= 15 is 0 Å². The molecule has 10 heavy (non-hydrogen) atoms. The van der Waals surface area contributed by atoms with Crippen molar-refractivity contribution in [3.8, 4) is 0 Å². The van der Waals surface area contributed by atoms with Crippen LogP contribution in [-0.2, 0) is 6.42 Å². The molecule has 0 fully saturated rings. The second-order valence-corrected chi connectivity index (χ2v) is 1.68. The number of aromatic nitrogens is 3. The van der Waals surface area contributed by atoms with Crippen LogP contribution >= 0.6 is 12.4 Å². The van der Waals surface area contributed by atoms with Gasteiger partial charge >= 0.3 is 0 Å². The van der Waals surface area contributed by atoms with Crippen LogP contribution in [0.25, 0.3) is 0 Å². The lowest BCUT2D eigenvalue weighted by atomic mass is 10.4. The first kappa shape index (κ1) is 9.19. The molecule has 0 unspecified atom stereocenters. The van der Waals surface area contributed by atoms with Gasteiger partial charge in [0.1, 0.15) is 5.82 Å². The van der Waals surface area contributed by atoms with Crippen LogP contribution in [0.3, 0.4) is 0 Å². The Kier molecular flexibility index (Phi) is 3.75. The van der Waals surface area contributed by atoms with Crippen molar-refractivity contribution in [2.45, 2.75) is 6.42 Å². The van der Waals surface area contributed by atoms with Gasteiger partial charge in [0.2, 0.25) is 5.95 Å². The van der Waals surface area contributed by atoms with Crippen molar-refractivity contribution in [3.63, 3.8) is 0 Å². The maximum absolute atomic E-state index is 5.24. The molecular formula is C4H10ClN5. The quantitative estimate of drug-likeness (QED) is 0.538. The second kappa shape index (κ2) is 4.08. The molecule has 0 aliphatic carbocycles. The fourth-order valence-electron chi connectivity index (χ4n) is 0.559. The first-order valence-electron chi connectivity index (χ1n) is 2.69. The molecule has 1 aromatic heterocycles. The molecule has 5 nitrogen and oxygen atoms in total. The Morgan fingerprint density at radius 2 is 2.20 bits per heavy atom. The number of nitrogen functional groups attached to an aromatic ring is 1. The Balaban J connectivity index is 0.000000810. The Labute approximate surface area is 64.6 Å². The van der Waals surface area contributed by atoms with Crippen molar-refractivity contribution in [2.24, 2.45) is 5.73 Å². The number of anilines is 1. The highest BCUT2D eigenvalue weighted by Gasteiger charge is 1.95. The largest absolute Gasteiger partial charge is 0.367 e. The fourth-order valence-corrected chi connectivity index (χ4v) is 0.559. The summed E-state index contributed by atoms with van der Waals surface area (Å²) in [6, 6.07) is 0. The lowest BCUT2D eigenvalue weighted by Crippen LogP contribution is -2.03. The smallest absolute Gasteiger partial charge is 0.239 e. The summed E-state index contributed by atoms with van der Waals surface area (Å²) in [5, 5.41) is 6.26. The van der Waals surface area contributed by atoms with Crippen LogP contribution in [0, 0.1) is 0 Å². The first-order valence-corrected chi connectivity index (χ1v) is 2.69. The van der Waals surface area contributed by atoms with E-state index in [2.05, 4.69) is 15.2 Å². The van der Waals surface area contributed by atoms with Crippen LogP contribution in [-0.4, -0.2) is 21.7 Å². The summed E-state index contributed by atoms with van der Waals surface area (Å²) in [5.41, 5.74) is 10.5. The SMILES string of the molecule is Cl.NCCc1nc(N)n[nH]1. The van der Waals surface area contributed by atoms with Crippen LogP contribution < -0.4 is 11.5 Å². The van der Waals surface area contributed by atoms with Gasteiger partial charge in [0, 0.05) is 6.42 Å². The van der Waals surface area contributed by atoms with Crippen LogP contribution in [0.1, 0.15) is 5.82 Å². The van der Waals surface area contributed by atoms with E-state index in [1.165, 1.54) is 0 Å². The summed E-state index contributed by atoms with van der Waals surface area (Å²) >= 11 is 0. The molecule has 0 aliphatic heterocycles. The van der Waals surface area contributed by atoms with Gasteiger partial charge in [-0.05, 0) is 6.54 Å². The highest BCUT2D eigenvalue weighted by Crippen LogP contribution is 1.91. The van der Waals surface area contributed by atoms with Crippen molar-refractivity contribution < 1.29 is 0 Å². The van der Waals surface area contributed by atoms with Gasteiger partial charge in [-0.15, -0.1) is 17.5 Å². The molecule has 0 saturated carbocycles. The Hall–Kier alpha value is -0.810. The molecule has 0 spiro atoms. The third-order valence-electron chi connectivity index (χ3n) is 0.930. The molecule has 58 valence electrons. The van der Waals surface area contributed by atoms with E-state index in [1.54, 1.807) is 0 Å². The standard InChI is InChI=1S/C4H9N5.ClH/c5-2-1-3-7-4(6)9-8-3;/h1-2,5H2,(H3,6,7,8,9);1H. The third-order valence-corrected chi connectivity index (χ3v) is 0.930. The lowest BCUT2D eigenvalue weighted by Gasteiger charge is -1.85. The minimum Gasteiger partial charge on any atom is -0.367 e. The van der Waals surface area contributed by atoms with E-state index in [-0.39, 0.29) is 18.4 Å². The van der Waals surface area contributed by atoms with Crippen LogP contribution in [0.4, 0.5) is 5.95 Å². The Bertz CT molecular complexity index is 186. The normalized spacial score (nSPS) is 8.90. The maximum Gasteiger partial charge on any atom is 0.239 e. The Morgan fingerprint density at radius 1 is 1.50 bits per heavy atom. The highest BCUT2D eigenvalue weighted by molar-refractivity contribution is 5.85. The van der Waals surface area contributed by atoms with E-state index in [4.69, 9.17) is 11.5 Å². The van der Waals surface area contributed by atoms with Crippen LogP contribution in [0.2, 0.25) is 0 Å². The van der Waals surface area contributed by atoms with Crippen LogP contribution in [0.15, 0.2) is 0 Å². The fraction of sp³-hybridized carbons (Fsp3) is 0.500. The average Bonchev–Trinajstić information content (AvgIpc) is 2.17. The third kappa shape index (κ3) is 2.20. The van der Waals surface area contributed by atoms with Gasteiger partial charge in [-0.3, -0.25) is 5.10 Å². The minimum atomic E-state index is 0. The van der Waals surface area contributed by atoms with Gasteiger partial charge in [-0.25, -0.2) is 0 Å². The molecule has 1 aromatic rings. The van der Waals surface area contributed by atoms with Crippen molar-refractivity contribution in [1.82, 2.24) is 15.2 Å². The van der Waals surface area contributed by atoms with Gasteiger partial charge in [0.05, 0.1) is 0 Å². The summed E-state index contributed by atoms with van der Waals surface area (Å²) in [6.07, 6.45) is 0.699. The van der Waals surface area contributed by atoms with E-state index in [0.717, 1.165) is 5.82 Å². The van der Waals surface area contributed by atoms with Crippen molar-refractivity contribution in [2.75, 3.05) is 12.3 Å². The average molecular weight is 164 g/mol. The number of halogens is 1. The number of aromatic amines is 1. The zero-order valence-electron chi connectivity index (χ0n) is 5.37. The summed E-state index contributed by atoms with van der Waals surface area (Å²) < 4.78 is 0. The van der Waals surface area contributed by atoms with Crippen molar-refractivity contribution in [3.05, 3.63) is 5.82 Å². The predicted molar refractivity (Wildman–Crippen MR) is 40.8 cm³/mol. The number of nitrogens with one attached hydrogen (secondary N) is 1. The summed E-state index contributed by atoms with van der Waals surface area (Å²) in [6.45, 7) is 0.564. The number of H-pyrrole nitrogens is 1. The minimum absolute atomic E-state index is 0. The zero-order chi connectivity index (χ0) is 6.69. The number of hydrogen-bond acceptors (Lipinski definition) is 4. The van der Waals surface area contributed by atoms with E-state index in [1.807, 2.05) is 0 Å². The molecule has 1 rings (SSSR count). The molecule has 5 N–H and O–H groups in total. The molecule has 6 heteroatoms. The summed E-state index contributed by atoms with van der Waals surface area (Å²) in [7, 11) is 0. The van der Waals surface area contributed by atoms with Gasteiger partial charge in [0.15, 0.2) is 0 Å². The number of nitrogens with two attached hydrogens (primary N) is 2. The molecule has 1 heterocycles. The maximum atomic E-state index is 5.24. The van der Waals surface area contributed by atoms with Crippen LogP contribution in [0.5, 0.6) is 0 Å². The Morgan fingerprint density at radius 3 is 2.60 bits per heavy atom. The molecular weight excluding hydrogens is 154 g/mol. The molecule has 0 aliphatic rings. The molecule has 0 amide bonds. The highest BCUT2D eigenvalue weighted by atomic mass is 35.5. The zero-order valence-corrected chi connectivity index (χ0v) is 6.19. The van der Waals surface area contributed by atoms with E-state index in [9.17, 15) is 0 Å². The van der Waals surface area contributed by atoms with Gasteiger partial charge < -0.3 is 11.5 Å². The first-order chi connectivity index (χ1) is 4.33.